The van der Waals surface area contributed by atoms with Crippen LogP contribution in [-0.2, 0) is 13.1 Å². The molecule has 0 aromatic carbocycles. The van der Waals surface area contributed by atoms with Crippen LogP contribution >= 0.6 is 0 Å². The number of imidazole rings is 1. The van der Waals surface area contributed by atoms with Crippen LogP contribution in [0.1, 0.15) is 11.5 Å². The second-order valence-corrected chi connectivity index (χ2v) is 2.61. The first-order valence-electron chi connectivity index (χ1n) is 3.97. The molecule has 0 amide bonds. The minimum Gasteiger partial charge on any atom is -0.347 e. The zero-order valence-electron chi connectivity index (χ0n) is 6.99. The molecule has 2 rings (SSSR count). The van der Waals surface area contributed by atoms with Crippen molar-refractivity contribution in [3.63, 3.8) is 0 Å². The molecule has 0 radical (unpaired) electrons. The van der Waals surface area contributed by atoms with Crippen molar-refractivity contribution in [3.05, 3.63) is 30.4 Å². The Bertz CT molecular complexity index is 290. The molecule has 0 fully saturated rings. The molecule has 68 valence electrons. The Morgan fingerprint density at radius 1 is 1.38 bits per heavy atom. The first-order valence-corrected chi connectivity index (χ1v) is 3.97. The van der Waals surface area contributed by atoms with Crippen LogP contribution in [0, 0.1) is 0 Å². The van der Waals surface area contributed by atoms with Crippen LogP contribution in [0.2, 0.25) is 0 Å². The van der Waals surface area contributed by atoms with Crippen molar-refractivity contribution in [2.75, 3.05) is 0 Å². The molecular weight excluding hydrogens is 168 g/mol. The maximum Gasteiger partial charge on any atom is 0.138 e. The minimum atomic E-state index is 0.680. The molecule has 0 aliphatic carbocycles. The molecule has 0 atom stereocenters. The summed E-state index contributed by atoms with van der Waals surface area (Å²) in [5, 5.41) is 9.69. The molecule has 6 nitrogen and oxygen atoms in total. The first-order chi connectivity index (χ1) is 6.45. The van der Waals surface area contributed by atoms with E-state index in [1.165, 1.54) is 6.33 Å². The Kier molecular flexibility index (Phi) is 2.33. The Balaban J connectivity index is 1.76. The van der Waals surface area contributed by atoms with Crippen LogP contribution < -0.4 is 5.32 Å². The van der Waals surface area contributed by atoms with Gasteiger partial charge in [-0.3, -0.25) is 5.10 Å². The quantitative estimate of drug-likeness (QED) is 0.606. The molecule has 0 saturated heterocycles. The van der Waals surface area contributed by atoms with Gasteiger partial charge in [0.1, 0.15) is 12.2 Å². The summed E-state index contributed by atoms with van der Waals surface area (Å²) in [5.41, 5.74) is 1.06. The van der Waals surface area contributed by atoms with E-state index in [1.807, 2.05) is 0 Å². The van der Waals surface area contributed by atoms with Crippen molar-refractivity contribution in [2.45, 2.75) is 13.1 Å². The van der Waals surface area contributed by atoms with Gasteiger partial charge in [-0.1, -0.05) is 0 Å². The highest BCUT2D eigenvalue weighted by Crippen LogP contribution is 1.90. The molecule has 0 spiro atoms. The summed E-state index contributed by atoms with van der Waals surface area (Å²) in [6, 6.07) is 0. The third kappa shape index (κ3) is 2.12. The van der Waals surface area contributed by atoms with E-state index in [9.17, 15) is 0 Å². The number of nitrogens with zero attached hydrogens (tertiary/aromatic N) is 3. The van der Waals surface area contributed by atoms with E-state index in [0.717, 1.165) is 18.1 Å². The fourth-order valence-corrected chi connectivity index (χ4v) is 1.01. The van der Waals surface area contributed by atoms with E-state index in [1.54, 1.807) is 12.5 Å². The summed E-state index contributed by atoms with van der Waals surface area (Å²) in [7, 11) is 0. The molecule has 2 heterocycles. The first kappa shape index (κ1) is 7.93. The molecule has 0 unspecified atom stereocenters. The summed E-state index contributed by atoms with van der Waals surface area (Å²) in [5.74, 6) is 0.833. The number of H-pyrrole nitrogens is 2. The van der Waals surface area contributed by atoms with Gasteiger partial charge in [-0.05, 0) is 0 Å². The average molecular weight is 178 g/mol. The fraction of sp³-hybridized carbons (Fsp3) is 0.286. The van der Waals surface area contributed by atoms with Gasteiger partial charge in [0.05, 0.1) is 12.9 Å². The Labute approximate surface area is 74.8 Å². The number of rotatable bonds is 4. The van der Waals surface area contributed by atoms with Crippen LogP contribution in [0.5, 0.6) is 0 Å². The largest absolute Gasteiger partial charge is 0.347 e. The van der Waals surface area contributed by atoms with Crippen LogP contribution in [0.15, 0.2) is 18.9 Å². The number of nitrogens with one attached hydrogen (secondary N) is 3. The molecule has 0 aliphatic rings. The molecule has 0 bridgehead atoms. The van der Waals surface area contributed by atoms with Gasteiger partial charge in [0.15, 0.2) is 0 Å². The molecule has 13 heavy (non-hydrogen) atoms. The maximum absolute atomic E-state index is 3.98. The van der Waals surface area contributed by atoms with E-state index in [4.69, 9.17) is 0 Å². The topological polar surface area (TPSA) is 82.3 Å². The second-order valence-electron chi connectivity index (χ2n) is 2.61. The Hall–Kier alpha value is -1.69. The normalized spacial score (nSPS) is 10.5. The van der Waals surface area contributed by atoms with E-state index in [0.29, 0.717) is 6.54 Å². The fourth-order valence-electron chi connectivity index (χ4n) is 1.01. The summed E-state index contributed by atoms with van der Waals surface area (Å²) in [6.07, 6.45) is 4.94. The van der Waals surface area contributed by atoms with Gasteiger partial charge < -0.3 is 10.3 Å². The van der Waals surface area contributed by atoms with Gasteiger partial charge in [-0.15, -0.1) is 0 Å². The monoisotopic (exact) mass is 178 g/mol. The highest BCUT2D eigenvalue weighted by Gasteiger charge is 1.95. The maximum atomic E-state index is 3.98. The van der Waals surface area contributed by atoms with Gasteiger partial charge in [-0.25, -0.2) is 9.97 Å². The number of hydrogen-bond acceptors (Lipinski definition) is 4. The molecule has 0 saturated carbocycles. The highest BCUT2D eigenvalue weighted by atomic mass is 15.2. The van der Waals surface area contributed by atoms with Crippen molar-refractivity contribution >= 4 is 0 Å². The molecule has 3 N–H and O–H groups in total. The third-order valence-electron chi connectivity index (χ3n) is 1.63. The summed E-state index contributed by atoms with van der Waals surface area (Å²) in [6.45, 7) is 1.43. The van der Waals surface area contributed by atoms with Gasteiger partial charge >= 0.3 is 0 Å². The number of hydrogen-bond donors (Lipinski definition) is 3. The molecule has 2 aromatic heterocycles. The van der Waals surface area contributed by atoms with Crippen LogP contribution in [0.3, 0.4) is 0 Å². The van der Waals surface area contributed by atoms with Gasteiger partial charge in [0, 0.05) is 18.4 Å². The number of aromatic amines is 2. The van der Waals surface area contributed by atoms with Crippen LogP contribution in [0.4, 0.5) is 0 Å². The predicted molar refractivity (Wildman–Crippen MR) is 45.5 cm³/mol. The van der Waals surface area contributed by atoms with Crippen molar-refractivity contribution in [3.8, 4) is 0 Å². The van der Waals surface area contributed by atoms with Crippen molar-refractivity contribution in [1.82, 2.24) is 30.5 Å². The highest BCUT2D eigenvalue weighted by molar-refractivity contribution is 4.93. The van der Waals surface area contributed by atoms with Crippen LogP contribution in [-0.4, -0.2) is 25.1 Å². The van der Waals surface area contributed by atoms with Crippen molar-refractivity contribution in [1.29, 1.82) is 0 Å². The van der Waals surface area contributed by atoms with Gasteiger partial charge in [0.25, 0.3) is 0 Å². The second kappa shape index (κ2) is 3.81. The standard InChI is InChI=1S/C7H10N6/c1(6-2-9-4-10-6)8-3-7-11-5-12-13-7/h2,4-5,8H,1,3H2,(H,9,10)(H,11,12,13). The van der Waals surface area contributed by atoms with E-state index in [-0.39, 0.29) is 0 Å². The summed E-state index contributed by atoms with van der Waals surface area (Å²) < 4.78 is 0. The molecule has 2 aromatic rings. The minimum absolute atomic E-state index is 0.680. The molecule has 6 heteroatoms. The van der Waals surface area contributed by atoms with Gasteiger partial charge in [-0.2, -0.15) is 5.10 Å². The van der Waals surface area contributed by atoms with E-state index >= 15 is 0 Å². The third-order valence-corrected chi connectivity index (χ3v) is 1.63. The summed E-state index contributed by atoms with van der Waals surface area (Å²) in [4.78, 5) is 10.9. The van der Waals surface area contributed by atoms with Gasteiger partial charge in [0.2, 0.25) is 0 Å². The molecular formula is C7H10N6. The van der Waals surface area contributed by atoms with Crippen molar-refractivity contribution < 1.29 is 0 Å². The lowest BCUT2D eigenvalue weighted by atomic mass is 10.4. The lowest BCUT2D eigenvalue weighted by molar-refractivity contribution is 0.656. The lowest BCUT2D eigenvalue weighted by Gasteiger charge is -1.98. The smallest absolute Gasteiger partial charge is 0.138 e. The van der Waals surface area contributed by atoms with E-state index < -0.39 is 0 Å². The Morgan fingerprint density at radius 2 is 2.38 bits per heavy atom. The number of aromatic nitrogens is 5. The Morgan fingerprint density at radius 3 is 3.08 bits per heavy atom. The molecule has 0 aliphatic heterocycles. The average Bonchev–Trinajstić information content (AvgIpc) is 2.75. The lowest BCUT2D eigenvalue weighted by Crippen LogP contribution is -2.13. The SMILES string of the molecule is c1n[nH]c(CNCc2cnc[nH]2)n1. The zero-order chi connectivity index (χ0) is 8.93. The van der Waals surface area contributed by atoms with Crippen LogP contribution in [0.25, 0.3) is 0 Å². The van der Waals surface area contributed by atoms with Crippen molar-refractivity contribution in [2.24, 2.45) is 0 Å². The zero-order valence-corrected chi connectivity index (χ0v) is 6.99. The summed E-state index contributed by atoms with van der Waals surface area (Å²) >= 11 is 0. The predicted octanol–water partition coefficient (Wildman–Crippen LogP) is -0.182. The van der Waals surface area contributed by atoms with E-state index in [2.05, 4.69) is 30.5 Å².